The highest BCUT2D eigenvalue weighted by molar-refractivity contribution is 7.98. The lowest BCUT2D eigenvalue weighted by atomic mass is 10.2. The fourth-order valence-electron chi connectivity index (χ4n) is 1.92. The average molecular weight is 286 g/mol. The third kappa shape index (κ3) is 4.66. The summed E-state index contributed by atoms with van der Waals surface area (Å²) >= 11 is 1.80. The molecule has 0 aliphatic heterocycles. The Balaban J connectivity index is 1.95. The van der Waals surface area contributed by atoms with Gasteiger partial charge in [0, 0.05) is 24.5 Å². The minimum atomic E-state index is 0.502. The van der Waals surface area contributed by atoms with Crippen molar-refractivity contribution in [2.24, 2.45) is 0 Å². The zero-order chi connectivity index (χ0) is 14.4. The van der Waals surface area contributed by atoms with Crippen molar-refractivity contribution in [1.29, 1.82) is 0 Å². The van der Waals surface area contributed by atoms with Crippen LogP contribution < -0.4 is 5.32 Å². The largest absolute Gasteiger partial charge is 0.310 e. The standard InChI is InChI=1S/C17H22N2S/c1-13(2)18-10-16-9-14(3)17(19-11-16)20-12-15-7-5-4-6-8-15/h4-9,11,13,18H,10,12H2,1-3H3. The molecule has 2 aromatic rings. The van der Waals surface area contributed by atoms with Crippen LogP contribution >= 0.6 is 11.8 Å². The van der Waals surface area contributed by atoms with Crippen LogP contribution in [-0.4, -0.2) is 11.0 Å². The monoisotopic (exact) mass is 286 g/mol. The van der Waals surface area contributed by atoms with E-state index >= 15 is 0 Å². The summed E-state index contributed by atoms with van der Waals surface area (Å²) in [5.74, 6) is 0.971. The van der Waals surface area contributed by atoms with E-state index in [1.807, 2.05) is 12.3 Å². The minimum absolute atomic E-state index is 0.502. The second-order valence-electron chi connectivity index (χ2n) is 5.28. The summed E-state index contributed by atoms with van der Waals surface area (Å²) in [6.45, 7) is 7.34. The Hall–Kier alpha value is -1.32. The summed E-state index contributed by atoms with van der Waals surface area (Å²) in [7, 11) is 0. The normalized spacial score (nSPS) is 11.0. The van der Waals surface area contributed by atoms with Crippen LogP contribution in [-0.2, 0) is 12.3 Å². The molecule has 0 saturated carbocycles. The van der Waals surface area contributed by atoms with Crippen molar-refractivity contribution in [1.82, 2.24) is 10.3 Å². The molecular formula is C17H22N2S. The molecule has 1 aromatic carbocycles. The zero-order valence-electron chi connectivity index (χ0n) is 12.4. The van der Waals surface area contributed by atoms with Crippen molar-refractivity contribution >= 4 is 11.8 Å². The first-order valence-corrected chi connectivity index (χ1v) is 7.99. The Bertz CT molecular complexity index is 538. The summed E-state index contributed by atoms with van der Waals surface area (Å²) in [4.78, 5) is 4.59. The quantitative estimate of drug-likeness (QED) is 0.806. The lowest BCUT2D eigenvalue weighted by Crippen LogP contribution is -2.21. The Morgan fingerprint density at radius 3 is 2.55 bits per heavy atom. The molecule has 1 aromatic heterocycles. The third-order valence-corrected chi connectivity index (χ3v) is 4.20. The van der Waals surface area contributed by atoms with Gasteiger partial charge < -0.3 is 5.32 Å². The fourth-order valence-corrected chi connectivity index (χ4v) is 2.83. The van der Waals surface area contributed by atoms with Gasteiger partial charge in [0.2, 0.25) is 0 Å². The molecule has 0 atom stereocenters. The molecule has 1 heterocycles. The van der Waals surface area contributed by atoms with Gasteiger partial charge in [-0.1, -0.05) is 50.2 Å². The van der Waals surface area contributed by atoms with Crippen LogP contribution in [0.3, 0.4) is 0 Å². The van der Waals surface area contributed by atoms with E-state index in [9.17, 15) is 0 Å². The minimum Gasteiger partial charge on any atom is -0.310 e. The van der Waals surface area contributed by atoms with Gasteiger partial charge in [-0.25, -0.2) is 4.98 Å². The first-order valence-electron chi connectivity index (χ1n) is 7.01. The lowest BCUT2D eigenvalue weighted by Gasteiger charge is -2.10. The Morgan fingerprint density at radius 1 is 1.15 bits per heavy atom. The number of nitrogens with zero attached hydrogens (tertiary/aromatic N) is 1. The zero-order valence-corrected chi connectivity index (χ0v) is 13.2. The summed E-state index contributed by atoms with van der Waals surface area (Å²) < 4.78 is 0. The van der Waals surface area contributed by atoms with E-state index in [0.717, 1.165) is 17.3 Å². The van der Waals surface area contributed by atoms with Crippen LogP contribution in [0.25, 0.3) is 0 Å². The number of rotatable bonds is 6. The van der Waals surface area contributed by atoms with E-state index < -0.39 is 0 Å². The van der Waals surface area contributed by atoms with Gasteiger partial charge in [-0.3, -0.25) is 0 Å². The third-order valence-electron chi connectivity index (χ3n) is 3.02. The molecule has 0 amide bonds. The van der Waals surface area contributed by atoms with Gasteiger partial charge in [-0.2, -0.15) is 0 Å². The molecular weight excluding hydrogens is 264 g/mol. The van der Waals surface area contributed by atoms with Crippen molar-refractivity contribution in [3.8, 4) is 0 Å². The van der Waals surface area contributed by atoms with Crippen molar-refractivity contribution in [3.05, 3.63) is 59.3 Å². The Labute approximate surface area is 126 Å². The molecule has 0 unspecified atom stereocenters. The van der Waals surface area contributed by atoms with E-state index in [4.69, 9.17) is 0 Å². The molecule has 106 valence electrons. The maximum Gasteiger partial charge on any atom is 0.0992 e. The predicted octanol–water partition coefficient (Wildman–Crippen LogP) is 4.18. The highest BCUT2D eigenvalue weighted by atomic mass is 32.2. The number of pyridine rings is 1. The van der Waals surface area contributed by atoms with Gasteiger partial charge in [-0.15, -0.1) is 11.8 Å². The molecule has 2 nitrogen and oxygen atoms in total. The molecule has 1 N–H and O–H groups in total. The summed E-state index contributed by atoms with van der Waals surface area (Å²) in [6.07, 6.45) is 1.98. The molecule has 3 heteroatoms. The first-order chi connectivity index (χ1) is 9.65. The molecule has 0 saturated heterocycles. The maximum absolute atomic E-state index is 4.59. The van der Waals surface area contributed by atoms with Crippen molar-refractivity contribution < 1.29 is 0 Å². The van der Waals surface area contributed by atoms with Crippen molar-refractivity contribution in [3.63, 3.8) is 0 Å². The summed E-state index contributed by atoms with van der Waals surface area (Å²) in [6, 6.07) is 13.3. The number of aromatic nitrogens is 1. The number of hydrogen-bond acceptors (Lipinski definition) is 3. The summed E-state index contributed by atoms with van der Waals surface area (Å²) in [5.41, 5.74) is 3.85. The van der Waals surface area contributed by atoms with Crippen LogP contribution in [0, 0.1) is 6.92 Å². The van der Waals surface area contributed by atoms with Crippen molar-refractivity contribution in [2.45, 2.75) is 44.1 Å². The molecule has 0 fully saturated rings. The van der Waals surface area contributed by atoms with Crippen LogP contribution in [0.1, 0.15) is 30.5 Å². The number of hydrogen-bond donors (Lipinski definition) is 1. The smallest absolute Gasteiger partial charge is 0.0992 e. The van der Waals surface area contributed by atoms with Crippen molar-refractivity contribution in [2.75, 3.05) is 0 Å². The molecule has 0 radical (unpaired) electrons. The van der Waals surface area contributed by atoms with E-state index in [2.05, 4.69) is 61.4 Å². The second kappa shape index (κ2) is 7.46. The van der Waals surface area contributed by atoms with E-state index in [0.29, 0.717) is 6.04 Å². The molecule has 0 aliphatic rings. The van der Waals surface area contributed by atoms with Gasteiger partial charge >= 0.3 is 0 Å². The van der Waals surface area contributed by atoms with Crippen LogP contribution in [0.15, 0.2) is 47.6 Å². The molecule has 0 bridgehead atoms. The van der Waals surface area contributed by atoms with Gasteiger partial charge in [0.15, 0.2) is 0 Å². The average Bonchev–Trinajstić information content (AvgIpc) is 2.45. The number of aryl methyl sites for hydroxylation is 1. The SMILES string of the molecule is Cc1cc(CNC(C)C)cnc1SCc1ccccc1. The molecule has 0 aliphatic carbocycles. The number of nitrogens with one attached hydrogen (secondary N) is 1. The Morgan fingerprint density at radius 2 is 1.90 bits per heavy atom. The molecule has 20 heavy (non-hydrogen) atoms. The second-order valence-corrected chi connectivity index (χ2v) is 6.24. The first kappa shape index (κ1) is 15.1. The lowest BCUT2D eigenvalue weighted by molar-refractivity contribution is 0.587. The fraction of sp³-hybridized carbons (Fsp3) is 0.353. The van der Waals surface area contributed by atoms with Gasteiger partial charge in [0.25, 0.3) is 0 Å². The van der Waals surface area contributed by atoms with Crippen LogP contribution in [0.5, 0.6) is 0 Å². The number of thioether (sulfide) groups is 1. The highest BCUT2D eigenvalue weighted by Crippen LogP contribution is 2.24. The Kier molecular flexibility index (Phi) is 5.62. The van der Waals surface area contributed by atoms with Gasteiger partial charge in [0.1, 0.15) is 0 Å². The van der Waals surface area contributed by atoms with E-state index in [-0.39, 0.29) is 0 Å². The topological polar surface area (TPSA) is 24.9 Å². The predicted molar refractivity (Wildman–Crippen MR) is 87.0 cm³/mol. The summed E-state index contributed by atoms with van der Waals surface area (Å²) in [5, 5.41) is 4.55. The molecule has 2 rings (SSSR count). The van der Waals surface area contributed by atoms with Crippen LogP contribution in [0.4, 0.5) is 0 Å². The van der Waals surface area contributed by atoms with Gasteiger partial charge in [-0.05, 0) is 23.6 Å². The van der Waals surface area contributed by atoms with E-state index in [1.165, 1.54) is 16.7 Å². The molecule has 0 spiro atoms. The maximum atomic E-state index is 4.59. The highest BCUT2D eigenvalue weighted by Gasteiger charge is 2.04. The van der Waals surface area contributed by atoms with Crippen LogP contribution in [0.2, 0.25) is 0 Å². The van der Waals surface area contributed by atoms with E-state index in [1.54, 1.807) is 11.8 Å². The van der Waals surface area contributed by atoms with Gasteiger partial charge in [0.05, 0.1) is 5.03 Å². The number of benzene rings is 1.